The normalized spacial score (nSPS) is 17.3. The van der Waals surface area contributed by atoms with Crippen molar-refractivity contribution in [2.75, 3.05) is 18.8 Å². The predicted molar refractivity (Wildman–Crippen MR) is 118 cm³/mol. The average Bonchev–Trinajstić information content (AvgIpc) is 3.59. The van der Waals surface area contributed by atoms with Gasteiger partial charge in [-0.3, -0.25) is 0 Å². The van der Waals surface area contributed by atoms with Gasteiger partial charge in [0.25, 0.3) is 0 Å². The Labute approximate surface area is 191 Å². The second-order valence-electron chi connectivity index (χ2n) is 9.54. The summed E-state index contributed by atoms with van der Waals surface area (Å²) in [5.41, 5.74) is 7.18. The Morgan fingerprint density at radius 2 is 1.82 bits per heavy atom. The second-order valence-corrected chi connectivity index (χ2v) is 9.54. The molecule has 2 aliphatic rings. The minimum absolute atomic E-state index is 0.106. The first-order chi connectivity index (χ1) is 15.6. The van der Waals surface area contributed by atoms with Crippen LogP contribution in [0.25, 0.3) is 11.3 Å². The van der Waals surface area contributed by atoms with Gasteiger partial charge in [-0.25, -0.2) is 19.7 Å². The molecule has 10 heteroatoms. The number of nitrogens with zero attached hydrogens (tertiary/aromatic N) is 4. The molecule has 0 atom stereocenters. The molecule has 0 unspecified atom stereocenters. The molecule has 3 heterocycles. The third-order valence-corrected chi connectivity index (χ3v) is 5.66. The summed E-state index contributed by atoms with van der Waals surface area (Å²) in [5.74, 6) is 0.933. The maximum atomic E-state index is 12.7. The van der Waals surface area contributed by atoms with Crippen molar-refractivity contribution in [1.82, 2.24) is 19.9 Å². The van der Waals surface area contributed by atoms with Crippen molar-refractivity contribution in [2.24, 2.45) is 0 Å². The highest BCUT2D eigenvalue weighted by Crippen LogP contribution is 2.40. The number of carbonyl (C=O) groups excluding carboxylic acids is 1. The van der Waals surface area contributed by atoms with Crippen LogP contribution in [0, 0.1) is 0 Å². The van der Waals surface area contributed by atoms with Crippen LogP contribution in [0.3, 0.4) is 0 Å². The number of aromatic nitrogens is 3. The molecule has 2 aromatic rings. The number of pyridine rings is 1. The number of nitrogens with two attached hydrogens (primary N) is 1. The highest BCUT2D eigenvalue weighted by atomic mass is 19.3. The van der Waals surface area contributed by atoms with Crippen molar-refractivity contribution in [3.8, 4) is 17.0 Å². The molecule has 1 aliphatic heterocycles. The summed E-state index contributed by atoms with van der Waals surface area (Å²) in [6.45, 7) is 3.71. The van der Waals surface area contributed by atoms with E-state index in [4.69, 9.17) is 15.5 Å². The lowest BCUT2D eigenvalue weighted by Crippen LogP contribution is -2.41. The van der Waals surface area contributed by atoms with E-state index < -0.39 is 12.2 Å². The van der Waals surface area contributed by atoms with Crippen LogP contribution in [0.5, 0.6) is 5.75 Å². The van der Waals surface area contributed by atoms with Gasteiger partial charge in [0.05, 0.1) is 5.69 Å². The van der Waals surface area contributed by atoms with Gasteiger partial charge < -0.3 is 20.1 Å². The van der Waals surface area contributed by atoms with E-state index in [1.807, 2.05) is 26.8 Å². The van der Waals surface area contributed by atoms with Crippen molar-refractivity contribution < 1.29 is 23.0 Å². The molecule has 1 saturated heterocycles. The first-order valence-corrected chi connectivity index (χ1v) is 11.2. The number of alkyl halides is 2. The van der Waals surface area contributed by atoms with Crippen molar-refractivity contribution in [3.63, 3.8) is 0 Å². The predicted octanol–water partition coefficient (Wildman–Crippen LogP) is 4.71. The molecule has 1 saturated carbocycles. The van der Waals surface area contributed by atoms with Gasteiger partial charge in [0.15, 0.2) is 11.6 Å². The van der Waals surface area contributed by atoms with E-state index in [2.05, 4.69) is 14.7 Å². The fourth-order valence-corrected chi connectivity index (χ4v) is 3.84. The van der Waals surface area contributed by atoms with Crippen molar-refractivity contribution in [1.29, 1.82) is 0 Å². The van der Waals surface area contributed by atoms with Crippen LogP contribution in [0.1, 0.15) is 69.8 Å². The van der Waals surface area contributed by atoms with E-state index in [1.165, 1.54) is 12.3 Å². The Hall–Kier alpha value is -3.04. The topological polar surface area (TPSA) is 103 Å². The maximum absolute atomic E-state index is 12.7. The summed E-state index contributed by atoms with van der Waals surface area (Å²) < 4.78 is 35.4. The van der Waals surface area contributed by atoms with Gasteiger partial charge in [0, 0.05) is 42.4 Å². The molecule has 178 valence electrons. The second kappa shape index (κ2) is 9.07. The van der Waals surface area contributed by atoms with Gasteiger partial charge in [-0.1, -0.05) is 0 Å². The molecule has 4 rings (SSSR count). The Morgan fingerprint density at radius 3 is 2.42 bits per heavy atom. The number of anilines is 1. The quantitative estimate of drug-likeness (QED) is 0.687. The number of halogens is 2. The molecule has 0 radical (unpaired) electrons. The molecule has 2 aromatic heterocycles. The monoisotopic (exact) mass is 461 g/mol. The van der Waals surface area contributed by atoms with Gasteiger partial charge in [0.1, 0.15) is 11.4 Å². The van der Waals surface area contributed by atoms with Crippen LogP contribution >= 0.6 is 0 Å². The number of nitrogen functional groups attached to an aromatic ring is 1. The molecule has 33 heavy (non-hydrogen) atoms. The summed E-state index contributed by atoms with van der Waals surface area (Å²) in [6, 6.07) is 3.31. The van der Waals surface area contributed by atoms with Gasteiger partial charge >= 0.3 is 12.7 Å². The van der Waals surface area contributed by atoms with E-state index in [0.29, 0.717) is 30.3 Å². The summed E-state index contributed by atoms with van der Waals surface area (Å²) in [5, 5.41) is 0. The molecule has 2 N–H and O–H groups in total. The first kappa shape index (κ1) is 23.1. The number of amides is 1. The molecule has 8 nitrogen and oxygen atoms in total. The van der Waals surface area contributed by atoms with Gasteiger partial charge in [-0.15, -0.1) is 0 Å². The maximum Gasteiger partial charge on any atom is 0.410 e. The van der Waals surface area contributed by atoms with E-state index in [9.17, 15) is 13.6 Å². The number of hydrogen-bond donors (Lipinski definition) is 1. The van der Waals surface area contributed by atoms with Crippen molar-refractivity contribution >= 4 is 11.9 Å². The van der Waals surface area contributed by atoms with Crippen molar-refractivity contribution in [3.05, 3.63) is 29.8 Å². The van der Waals surface area contributed by atoms with Crippen LogP contribution in [0.2, 0.25) is 0 Å². The van der Waals surface area contributed by atoms with Crippen LogP contribution in [0.15, 0.2) is 18.3 Å². The lowest BCUT2D eigenvalue weighted by molar-refractivity contribution is -0.0494. The molecular weight excluding hydrogens is 432 g/mol. The zero-order chi connectivity index (χ0) is 23.8. The highest BCUT2D eigenvalue weighted by molar-refractivity contribution is 5.68. The smallest absolute Gasteiger partial charge is 0.410 e. The number of ether oxygens (including phenoxy) is 2. The molecule has 0 aromatic carbocycles. The zero-order valence-corrected chi connectivity index (χ0v) is 19.1. The van der Waals surface area contributed by atoms with Crippen LogP contribution in [0.4, 0.5) is 19.4 Å². The molecular formula is C23H29F2N5O3. The fourth-order valence-electron chi connectivity index (χ4n) is 3.84. The Balaban J connectivity index is 1.55. The lowest BCUT2D eigenvalue weighted by Gasteiger charge is -2.33. The Kier molecular flexibility index (Phi) is 6.36. The number of likely N-dealkylation sites (tertiary alicyclic amines) is 1. The fraction of sp³-hybridized carbons (Fsp3) is 0.565. The van der Waals surface area contributed by atoms with Gasteiger partial charge in [0.2, 0.25) is 0 Å². The third-order valence-electron chi connectivity index (χ3n) is 5.66. The highest BCUT2D eigenvalue weighted by Gasteiger charge is 2.31. The minimum Gasteiger partial charge on any atom is -0.444 e. The zero-order valence-electron chi connectivity index (χ0n) is 19.1. The molecule has 2 fully saturated rings. The molecule has 0 spiro atoms. The molecule has 1 aliphatic carbocycles. The Bertz CT molecular complexity index is 1020. The van der Waals surface area contributed by atoms with Crippen LogP contribution in [-0.4, -0.2) is 51.2 Å². The summed E-state index contributed by atoms with van der Waals surface area (Å²) in [7, 11) is 0. The number of piperidine rings is 1. The summed E-state index contributed by atoms with van der Waals surface area (Å²) >= 11 is 0. The Morgan fingerprint density at radius 1 is 1.12 bits per heavy atom. The van der Waals surface area contributed by atoms with Gasteiger partial charge in [-0.2, -0.15) is 8.78 Å². The van der Waals surface area contributed by atoms with E-state index >= 15 is 0 Å². The number of rotatable bonds is 5. The molecule has 1 amide bonds. The van der Waals surface area contributed by atoms with E-state index in [0.717, 1.165) is 37.2 Å². The lowest BCUT2D eigenvalue weighted by atomic mass is 9.92. The molecule has 0 bridgehead atoms. The van der Waals surface area contributed by atoms with E-state index in [1.54, 1.807) is 4.90 Å². The third kappa shape index (κ3) is 5.85. The summed E-state index contributed by atoms with van der Waals surface area (Å²) in [4.78, 5) is 27.6. The van der Waals surface area contributed by atoms with Crippen molar-refractivity contribution in [2.45, 2.75) is 70.5 Å². The SMILES string of the molecule is CC(C)(C)OC(=O)N1CCC(c2cc(-c3cnc(N)c(OC(F)F)c3)nc(C3CC3)n2)CC1. The number of carbonyl (C=O) groups is 1. The largest absolute Gasteiger partial charge is 0.444 e. The minimum atomic E-state index is -3.00. The standard InChI is InChI=1S/C23H29F2N5O3/c1-23(2,3)33-22(31)30-8-6-13(7-9-30)16-11-17(29-20(28-16)14-4-5-14)15-10-18(32-21(24)25)19(26)27-12-15/h10-14,21H,4-9H2,1-3H3,(H2,26,27). The van der Waals surface area contributed by atoms with Crippen LogP contribution < -0.4 is 10.5 Å². The van der Waals surface area contributed by atoms with E-state index in [-0.39, 0.29) is 23.6 Å². The summed E-state index contributed by atoms with van der Waals surface area (Å²) in [6.07, 6.45) is 4.75. The number of hydrogen-bond acceptors (Lipinski definition) is 7. The van der Waals surface area contributed by atoms with Gasteiger partial charge in [-0.05, 0) is 58.6 Å². The first-order valence-electron chi connectivity index (χ1n) is 11.2. The average molecular weight is 462 g/mol. The van der Waals surface area contributed by atoms with Crippen LogP contribution in [-0.2, 0) is 4.74 Å².